The normalized spacial score (nSPS) is 17.2. The van der Waals surface area contributed by atoms with Gasteiger partial charge in [0.05, 0.1) is 0 Å². The molecule has 1 saturated carbocycles. The number of aromatic nitrogens is 4. The molecule has 1 aliphatic carbocycles. The van der Waals surface area contributed by atoms with Crippen LogP contribution in [0.5, 0.6) is 0 Å². The first kappa shape index (κ1) is 16.5. The van der Waals surface area contributed by atoms with Crippen molar-refractivity contribution in [2.75, 3.05) is 5.32 Å². The van der Waals surface area contributed by atoms with Gasteiger partial charge in [-0.25, -0.2) is 0 Å². The van der Waals surface area contributed by atoms with Crippen molar-refractivity contribution >= 4 is 17.4 Å². The molecule has 1 amide bonds. The van der Waals surface area contributed by atoms with E-state index in [4.69, 9.17) is 0 Å². The molecule has 2 aromatic rings. The zero-order chi connectivity index (χ0) is 17.3. The molecule has 0 spiro atoms. The van der Waals surface area contributed by atoms with Crippen molar-refractivity contribution in [3.63, 3.8) is 0 Å². The van der Waals surface area contributed by atoms with Crippen LogP contribution >= 0.6 is 0 Å². The average Bonchev–Trinajstić information content (AvgIpc) is 3.15. The molecule has 24 heavy (non-hydrogen) atoms. The van der Waals surface area contributed by atoms with Crippen molar-refractivity contribution in [2.45, 2.75) is 50.9 Å². The van der Waals surface area contributed by atoms with Crippen LogP contribution in [0.2, 0.25) is 0 Å². The fourth-order valence-corrected chi connectivity index (χ4v) is 2.73. The second-order valence-corrected chi connectivity index (χ2v) is 5.87. The maximum atomic E-state index is 12.9. The Hall–Kier alpha value is -2.39. The quantitative estimate of drug-likeness (QED) is 0.888. The van der Waals surface area contributed by atoms with Crippen molar-refractivity contribution < 1.29 is 18.0 Å². The van der Waals surface area contributed by atoms with Gasteiger partial charge in [0.2, 0.25) is 5.91 Å². The summed E-state index contributed by atoms with van der Waals surface area (Å²) in [4.78, 5) is 12.1. The summed E-state index contributed by atoms with van der Waals surface area (Å²) < 4.78 is 39.2. The van der Waals surface area contributed by atoms with Gasteiger partial charge in [-0.2, -0.15) is 17.7 Å². The molecule has 2 heterocycles. The number of fused-ring (bicyclic) bond motifs is 1. The molecule has 2 aromatic heterocycles. The fraction of sp³-hybridized carbons (Fsp3) is 0.571. The Morgan fingerprint density at radius 3 is 2.67 bits per heavy atom. The largest absolute Gasteiger partial charge is 0.453 e. The Balaban J connectivity index is 1.73. The molecule has 0 unspecified atom stereocenters. The first-order valence-electron chi connectivity index (χ1n) is 7.71. The fourth-order valence-electron chi connectivity index (χ4n) is 2.73. The van der Waals surface area contributed by atoms with Crippen molar-refractivity contribution in [2.24, 2.45) is 0 Å². The van der Waals surface area contributed by atoms with Crippen LogP contribution in [0.4, 0.5) is 19.0 Å². The maximum absolute atomic E-state index is 12.9. The summed E-state index contributed by atoms with van der Waals surface area (Å²) in [5.74, 6) is -1.27. The molecule has 0 bridgehead atoms. The van der Waals surface area contributed by atoms with Gasteiger partial charge in [0.1, 0.15) is 11.9 Å². The lowest BCUT2D eigenvalue weighted by Gasteiger charge is -2.18. The van der Waals surface area contributed by atoms with Crippen LogP contribution in [0.1, 0.15) is 38.4 Å². The van der Waals surface area contributed by atoms with Crippen molar-refractivity contribution in [3.8, 4) is 0 Å². The van der Waals surface area contributed by atoms with E-state index in [-0.39, 0.29) is 23.4 Å². The van der Waals surface area contributed by atoms with E-state index >= 15 is 0 Å². The second kappa shape index (κ2) is 6.25. The number of carbonyl (C=O) groups is 1. The van der Waals surface area contributed by atoms with Gasteiger partial charge >= 0.3 is 6.18 Å². The molecule has 1 fully saturated rings. The van der Waals surface area contributed by atoms with Crippen LogP contribution in [-0.4, -0.2) is 37.8 Å². The number of amides is 1. The maximum Gasteiger partial charge on any atom is 0.453 e. The smallest absolute Gasteiger partial charge is 0.357 e. The van der Waals surface area contributed by atoms with E-state index in [9.17, 15) is 18.0 Å². The number of rotatable bonds is 4. The lowest BCUT2D eigenvalue weighted by Crippen LogP contribution is -2.42. The number of halogens is 3. The predicted molar refractivity (Wildman–Crippen MR) is 79.3 cm³/mol. The van der Waals surface area contributed by atoms with E-state index in [2.05, 4.69) is 25.9 Å². The molecule has 0 aromatic carbocycles. The summed E-state index contributed by atoms with van der Waals surface area (Å²) in [6, 6.07) is 2.37. The third kappa shape index (κ3) is 3.41. The average molecular weight is 342 g/mol. The third-order valence-corrected chi connectivity index (χ3v) is 3.98. The summed E-state index contributed by atoms with van der Waals surface area (Å²) in [5.41, 5.74) is -0.0177. The molecule has 3 rings (SSSR count). The highest BCUT2D eigenvalue weighted by Gasteiger charge is 2.37. The minimum atomic E-state index is -4.66. The van der Waals surface area contributed by atoms with Gasteiger partial charge in [-0.1, -0.05) is 12.8 Å². The van der Waals surface area contributed by atoms with Gasteiger partial charge in [0, 0.05) is 6.04 Å². The Morgan fingerprint density at radius 2 is 2.00 bits per heavy atom. The first-order chi connectivity index (χ1) is 11.3. The van der Waals surface area contributed by atoms with E-state index < -0.39 is 18.0 Å². The lowest BCUT2D eigenvalue weighted by atomic mass is 10.2. The van der Waals surface area contributed by atoms with Crippen molar-refractivity contribution in [1.82, 2.24) is 25.1 Å². The van der Waals surface area contributed by atoms with Crippen LogP contribution in [0.15, 0.2) is 12.1 Å². The van der Waals surface area contributed by atoms with Crippen LogP contribution in [-0.2, 0) is 11.0 Å². The molecule has 10 heteroatoms. The molecule has 1 atom stereocenters. The van der Waals surface area contributed by atoms with Crippen LogP contribution < -0.4 is 10.6 Å². The van der Waals surface area contributed by atoms with Gasteiger partial charge in [0.15, 0.2) is 5.65 Å². The number of hydrogen-bond acceptors (Lipinski definition) is 5. The van der Waals surface area contributed by atoms with E-state index in [1.165, 1.54) is 12.1 Å². The molecule has 7 nitrogen and oxygen atoms in total. The number of carbonyl (C=O) groups excluding carboxylic acids is 1. The molecule has 2 N–H and O–H groups in total. The minimum Gasteiger partial charge on any atom is -0.357 e. The van der Waals surface area contributed by atoms with Gasteiger partial charge in [0.25, 0.3) is 5.82 Å². The number of hydrogen-bond donors (Lipinski definition) is 2. The van der Waals surface area contributed by atoms with Crippen LogP contribution in [0.25, 0.3) is 5.65 Å². The van der Waals surface area contributed by atoms with E-state index in [1.54, 1.807) is 6.92 Å². The molecule has 0 radical (unpaired) electrons. The molecule has 1 aliphatic rings. The Kier molecular flexibility index (Phi) is 4.29. The van der Waals surface area contributed by atoms with Gasteiger partial charge in [-0.3, -0.25) is 4.79 Å². The standard InChI is InChI=1S/C14H17F3N6O/c1-8(12(24)19-9-4-2-3-5-9)18-10-6-7-11-20-21-13(14(15,16)17)23(11)22-10/h6-9H,2-5H2,1H3,(H,18,22)(H,19,24)/t8-/m0/s1. The number of nitrogens with zero attached hydrogens (tertiary/aromatic N) is 4. The van der Waals surface area contributed by atoms with Gasteiger partial charge in [-0.05, 0) is 31.9 Å². The Labute approximate surface area is 135 Å². The zero-order valence-corrected chi connectivity index (χ0v) is 13.0. The first-order valence-corrected chi connectivity index (χ1v) is 7.71. The zero-order valence-electron chi connectivity index (χ0n) is 13.0. The van der Waals surface area contributed by atoms with Crippen molar-refractivity contribution in [1.29, 1.82) is 0 Å². The highest BCUT2D eigenvalue weighted by atomic mass is 19.4. The summed E-state index contributed by atoms with van der Waals surface area (Å²) in [6.07, 6.45) is -0.551. The molecule has 0 saturated heterocycles. The van der Waals surface area contributed by atoms with E-state index in [1.807, 2.05) is 0 Å². The molecule has 0 aliphatic heterocycles. The number of anilines is 1. The Morgan fingerprint density at radius 1 is 1.29 bits per heavy atom. The summed E-state index contributed by atoms with van der Waals surface area (Å²) in [5, 5.41) is 16.1. The summed E-state index contributed by atoms with van der Waals surface area (Å²) in [7, 11) is 0. The minimum absolute atomic E-state index is 0.0177. The lowest BCUT2D eigenvalue weighted by molar-refractivity contribution is -0.146. The van der Waals surface area contributed by atoms with Gasteiger partial charge < -0.3 is 10.6 Å². The van der Waals surface area contributed by atoms with Crippen molar-refractivity contribution in [3.05, 3.63) is 18.0 Å². The van der Waals surface area contributed by atoms with E-state index in [0.29, 0.717) is 4.52 Å². The topological polar surface area (TPSA) is 84.2 Å². The van der Waals surface area contributed by atoms with E-state index in [0.717, 1.165) is 25.7 Å². The monoisotopic (exact) mass is 342 g/mol. The molecule has 130 valence electrons. The molecular weight excluding hydrogens is 325 g/mol. The SMILES string of the molecule is C[C@H](Nc1ccc2nnc(C(F)(F)F)n2n1)C(=O)NC1CCCC1. The van der Waals surface area contributed by atoms with Crippen LogP contribution in [0, 0.1) is 0 Å². The Bertz CT molecular complexity index is 738. The highest BCUT2D eigenvalue weighted by Crippen LogP contribution is 2.27. The van der Waals surface area contributed by atoms with Crippen LogP contribution in [0.3, 0.4) is 0 Å². The second-order valence-electron chi connectivity index (χ2n) is 5.87. The predicted octanol–water partition coefficient (Wildman–Crippen LogP) is 2.00. The third-order valence-electron chi connectivity index (χ3n) is 3.98. The number of alkyl halides is 3. The summed E-state index contributed by atoms with van der Waals surface area (Å²) >= 11 is 0. The van der Waals surface area contributed by atoms with Gasteiger partial charge in [-0.15, -0.1) is 15.3 Å². The highest BCUT2D eigenvalue weighted by molar-refractivity contribution is 5.84. The molecular formula is C14H17F3N6O. The summed E-state index contributed by atoms with van der Waals surface area (Å²) in [6.45, 7) is 1.63. The number of nitrogens with one attached hydrogen (secondary N) is 2.